The van der Waals surface area contributed by atoms with Crippen LogP contribution in [0.4, 0.5) is 0 Å². The number of nitrogens with one attached hydrogen (secondary N) is 1. The van der Waals surface area contributed by atoms with E-state index in [0.717, 1.165) is 23.8 Å². The molecule has 2 rings (SSSR count). The monoisotopic (exact) mass is 223 g/mol. The van der Waals surface area contributed by atoms with Gasteiger partial charge in [0.25, 0.3) is 0 Å². The van der Waals surface area contributed by atoms with Gasteiger partial charge in [0.1, 0.15) is 0 Å². The molecule has 1 N–H and O–H groups in total. The van der Waals surface area contributed by atoms with Crippen LogP contribution in [0.25, 0.3) is 0 Å². The lowest BCUT2D eigenvalue weighted by molar-refractivity contribution is 0.199. The lowest BCUT2D eigenvalue weighted by atomic mass is 9.77. The van der Waals surface area contributed by atoms with Gasteiger partial charge >= 0.3 is 0 Å². The second-order valence-corrected chi connectivity index (χ2v) is 6.36. The van der Waals surface area contributed by atoms with Crippen molar-refractivity contribution in [1.82, 2.24) is 5.32 Å². The lowest BCUT2D eigenvalue weighted by Crippen LogP contribution is -2.42. The predicted molar refractivity (Wildman–Crippen MR) is 70.5 cm³/mol. The molecule has 0 aromatic rings. The van der Waals surface area contributed by atoms with E-state index in [9.17, 15) is 0 Å². The van der Waals surface area contributed by atoms with Crippen molar-refractivity contribution in [2.45, 2.75) is 71.3 Å². The third-order valence-corrected chi connectivity index (χ3v) is 4.82. The summed E-state index contributed by atoms with van der Waals surface area (Å²) >= 11 is 0. The maximum atomic E-state index is 3.89. The molecule has 0 radical (unpaired) electrons. The maximum absolute atomic E-state index is 3.89. The molecular weight excluding hydrogens is 194 g/mol. The topological polar surface area (TPSA) is 12.0 Å². The average molecular weight is 223 g/mol. The van der Waals surface area contributed by atoms with Crippen LogP contribution in [-0.2, 0) is 0 Å². The van der Waals surface area contributed by atoms with Gasteiger partial charge in [-0.15, -0.1) is 0 Å². The summed E-state index contributed by atoms with van der Waals surface area (Å²) in [5, 5.41) is 3.89. The third kappa shape index (κ3) is 3.23. The summed E-state index contributed by atoms with van der Waals surface area (Å²) in [4.78, 5) is 0. The van der Waals surface area contributed by atoms with E-state index in [4.69, 9.17) is 0 Å². The molecule has 0 heterocycles. The Morgan fingerprint density at radius 3 is 2.25 bits per heavy atom. The van der Waals surface area contributed by atoms with Gasteiger partial charge in [0, 0.05) is 6.04 Å². The maximum Gasteiger partial charge on any atom is 0.00978 e. The van der Waals surface area contributed by atoms with Crippen molar-refractivity contribution in [3.8, 4) is 0 Å². The van der Waals surface area contributed by atoms with Crippen LogP contribution in [0.5, 0.6) is 0 Å². The van der Waals surface area contributed by atoms with E-state index in [1.165, 1.54) is 57.9 Å². The van der Waals surface area contributed by atoms with Crippen molar-refractivity contribution >= 4 is 0 Å². The van der Waals surface area contributed by atoms with Crippen LogP contribution in [-0.4, -0.2) is 12.6 Å². The van der Waals surface area contributed by atoms with Gasteiger partial charge in [-0.05, 0) is 50.0 Å². The first kappa shape index (κ1) is 12.4. The highest BCUT2D eigenvalue weighted by atomic mass is 14.9. The first-order chi connectivity index (χ1) is 7.77. The smallest absolute Gasteiger partial charge is 0.00978 e. The molecule has 2 fully saturated rings. The highest BCUT2D eigenvalue weighted by molar-refractivity contribution is 4.84. The fourth-order valence-corrected chi connectivity index (χ4v) is 3.74. The Bertz CT molecular complexity index is 194. The first-order valence-corrected chi connectivity index (χ1v) is 7.50. The molecule has 0 aromatic carbocycles. The molecule has 2 aliphatic rings. The Morgan fingerprint density at radius 2 is 1.56 bits per heavy atom. The fraction of sp³-hybridized carbons (Fsp3) is 1.00. The van der Waals surface area contributed by atoms with E-state index >= 15 is 0 Å². The molecule has 0 spiro atoms. The molecule has 2 atom stereocenters. The SMILES string of the molecule is CC(C)C1CCCCC1NCC1CCCC1. The third-order valence-electron chi connectivity index (χ3n) is 4.82. The molecule has 0 bridgehead atoms. The molecule has 0 amide bonds. The normalized spacial score (nSPS) is 32.4. The summed E-state index contributed by atoms with van der Waals surface area (Å²) in [5.41, 5.74) is 0. The number of hydrogen-bond donors (Lipinski definition) is 1. The van der Waals surface area contributed by atoms with Gasteiger partial charge in [0.15, 0.2) is 0 Å². The van der Waals surface area contributed by atoms with E-state index in [0.29, 0.717) is 0 Å². The highest BCUT2D eigenvalue weighted by Gasteiger charge is 2.27. The number of rotatable bonds is 4. The van der Waals surface area contributed by atoms with E-state index in [2.05, 4.69) is 19.2 Å². The zero-order valence-corrected chi connectivity index (χ0v) is 11.2. The molecular formula is C15H29N. The van der Waals surface area contributed by atoms with Gasteiger partial charge in [0.05, 0.1) is 0 Å². The lowest BCUT2D eigenvalue weighted by Gasteiger charge is -2.35. The van der Waals surface area contributed by atoms with Crippen LogP contribution in [0.1, 0.15) is 65.2 Å². The Balaban J connectivity index is 1.76. The van der Waals surface area contributed by atoms with E-state index in [1.54, 1.807) is 0 Å². The van der Waals surface area contributed by atoms with E-state index in [1.807, 2.05) is 0 Å². The minimum Gasteiger partial charge on any atom is -0.313 e. The predicted octanol–water partition coefficient (Wildman–Crippen LogP) is 3.98. The molecule has 0 saturated heterocycles. The zero-order chi connectivity index (χ0) is 11.4. The molecule has 1 nitrogen and oxygen atoms in total. The van der Waals surface area contributed by atoms with Gasteiger partial charge in [-0.3, -0.25) is 0 Å². The zero-order valence-electron chi connectivity index (χ0n) is 11.2. The van der Waals surface area contributed by atoms with Crippen molar-refractivity contribution in [1.29, 1.82) is 0 Å². The van der Waals surface area contributed by atoms with Crippen LogP contribution in [0.3, 0.4) is 0 Å². The molecule has 2 aliphatic carbocycles. The average Bonchev–Trinajstić information content (AvgIpc) is 2.79. The van der Waals surface area contributed by atoms with Crippen LogP contribution in [0.15, 0.2) is 0 Å². The second kappa shape index (κ2) is 6.05. The van der Waals surface area contributed by atoms with Gasteiger partial charge in [0.2, 0.25) is 0 Å². The molecule has 2 saturated carbocycles. The summed E-state index contributed by atoms with van der Waals surface area (Å²) in [6.07, 6.45) is 11.7. The Labute approximate surface area is 101 Å². The number of hydrogen-bond acceptors (Lipinski definition) is 1. The first-order valence-electron chi connectivity index (χ1n) is 7.50. The standard InChI is InChI=1S/C15H29N/c1-12(2)14-9-5-6-10-15(14)16-11-13-7-3-4-8-13/h12-16H,3-11H2,1-2H3. The summed E-state index contributed by atoms with van der Waals surface area (Å²) in [6.45, 7) is 6.11. The minimum absolute atomic E-state index is 0.828. The summed E-state index contributed by atoms with van der Waals surface area (Å²) in [7, 11) is 0. The van der Waals surface area contributed by atoms with Crippen LogP contribution in [0, 0.1) is 17.8 Å². The van der Waals surface area contributed by atoms with Gasteiger partial charge in [-0.2, -0.15) is 0 Å². The minimum atomic E-state index is 0.828. The molecule has 1 heteroatoms. The van der Waals surface area contributed by atoms with Crippen molar-refractivity contribution < 1.29 is 0 Å². The van der Waals surface area contributed by atoms with Gasteiger partial charge in [-0.1, -0.05) is 39.5 Å². The molecule has 16 heavy (non-hydrogen) atoms. The van der Waals surface area contributed by atoms with Crippen molar-refractivity contribution in [2.24, 2.45) is 17.8 Å². The van der Waals surface area contributed by atoms with Crippen molar-refractivity contribution in [3.63, 3.8) is 0 Å². The van der Waals surface area contributed by atoms with E-state index in [-0.39, 0.29) is 0 Å². The second-order valence-electron chi connectivity index (χ2n) is 6.36. The van der Waals surface area contributed by atoms with Crippen LogP contribution >= 0.6 is 0 Å². The van der Waals surface area contributed by atoms with Gasteiger partial charge in [-0.25, -0.2) is 0 Å². The molecule has 0 aliphatic heterocycles. The highest BCUT2D eigenvalue weighted by Crippen LogP contribution is 2.31. The summed E-state index contributed by atoms with van der Waals surface area (Å²) in [6, 6.07) is 0.828. The largest absolute Gasteiger partial charge is 0.313 e. The van der Waals surface area contributed by atoms with Crippen molar-refractivity contribution in [2.75, 3.05) is 6.54 Å². The molecule has 0 aromatic heterocycles. The Kier molecular flexibility index (Phi) is 4.69. The fourth-order valence-electron chi connectivity index (χ4n) is 3.74. The van der Waals surface area contributed by atoms with Crippen molar-refractivity contribution in [3.05, 3.63) is 0 Å². The van der Waals surface area contributed by atoms with Crippen LogP contribution < -0.4 is 5.32 Å². The van der Waals surface area contributed by atoms with E-state index < -0.39 is 0 Å². The summed E-state index contributed by atoms with van der Waals surface area (Å²) < 4.78 is 0. The Hall–Kier alpha value is -0.0400. The van der Waals surface area contributed by atoms with Crippen LogP contribution in [0.2, 0.25) is 0 Å². The molecule has 2 unspecified atom stereocenters. The summed E-state index contributed by atoms with van der Waals surface area (Å²) in [5.74, 6) is 2.80. The molecule has 94 valence electrons. The quantitative estimate of drug-likeness (QED) is 0.760. The Morgan fingerprint density at radius 1 is 0.938 bits per heavy atom. The van der Waals surface area contributed by atoms with Gasteiger partial charge < -0.3 is 5.32 Å².